The number of nitrogens with zero attached hydrogens (tertiary/aromatic N) is 7. The van der Waals surface area contributed by atoms with Crippen molar-refractivity contribution < 1.29 is 4.79 Å². The van der Waals surface area contributed by atoms with Crippen molar-refractivity contribution >= 4 is 22.6 Å². The zero-order chi connectivity index (χ0) is 18.1. The molecule has 1 amide bonds. The van der Waals surface area contributed by atoms with Crippen LogP contribution in [0.25, 0.3) is 11.0 Å². The van der Waals surface area contributed by atoms with Crippen LogP contribution in [-0.4, -0.2) is 61.8 Å². The van der Waals surface area contributed by atoms with Gasteiger partial charge in [0.2, 0.25) is 5.91 Å². The summed E-state index contributed by atoms with van der Waals surface area (Å²) < 4.78 is 1.30. The minimum absolute atomic E-state index is 0.00735. The largest absolute Gasteiger partial charge is 0.367 e. The molecule has 134 valence electrons. The molecule has 2 aromatic heterocycles. The number of carbonyl (C=O) groups excluding carboxylic acids is 1. The van der Waals surface area contributed by atoms with Crippen molar-refractivity contribution in [1.82, 2.24) is 29.7 Å². The number of rotatable bonds is 3. The van der Waals surface area contributed by atoms with Gasteiger partial charge >= 0.3 is 0 Å². The van der Waals surface area contributed by atoms with E-state index in [0.717, 1.165) is 16.7 Å². The van der Waals surface area contributed by atoms with Gasteiger partial charge < -0.3 is 9.80 Å². The molecule has 0 bridgehead atoms. The average molecular weight is 353 g/mol. The van der Waals surface area contributed by atoms with Gasteiger partial charge in [0.15, 0.2) is 0 Å². The van der Waals surface area contributed by atoms with Crippen LogP contribution in [0.2, 0.25) is 0 Å². The first kappa shape index (κ1) is 16.2. The van der Waals surface area contributed by atoms with Crippen molar-refractivity contribution in [3.8, 4) is 0 Å². The Morgan fingerprint density at radius 3 is 2.35 bits per heavy atom. The molecule has 0 saturated carbocycles. The molecule has 0 spiro atoms. The van der Waals surface area contributed by atoms with Crippen LogP contribution in [0, 0.1) is 0 Å². The number of fused-ring (bicyclic) bond motifs is 1. The standard InChI is InChI=1S/C17H19N7O2/c1-21-16(25)10-13(11-18-21)22-6-8-23(9-7-22)17(26)12-24-19-14-4-2-3-5-15(14)20-24/h2-5,10-11H,6-9,12H2,1H3. The summed E-state index contributed by atoms with van der Waals surface area (Å²) in [5, 5.41) is 12.7. The number of hydrogen-bond acceptors (Lipinski definition) is 6. The first-order chi connectivity index (χ1) is 12.6. The molecule has 1 aromatic carbocycles. The molecule has 1 fully saturated rings. The number of carbonyl (C=O) groups is 1. The van der Waals surface area contributed by atoms with Crippen molar-refractivity contribution in [3.05, 3.63) is 46.9 Å². The molecule has 0 aliphatic carbocycles. The number of amides is 1. The lowest BCUT2D eigenvalue weighted by Gasteiger charge is -2.35. The summed E-state index contributed by atoms with van der Waals surface area (Å²) in [7, 11) is 1.62. The SMILES string of the molecule is Cn1ncc(N2CCN(C(=O)Cn3nc4ccccc4n3)CC2)cc1=O. The van der Waals surface area contributed by atoms with Crippen LogP contribution < -0.4 is 10.5 Å². The highest BCUT2D eigenvalue weighted by Gasteiger charge is 2.22. The minimum Gasteiger partial charge on any atom is -0.367 e. The van der Waals surface area contributed by atoms with Gasteiger partial charge in [0.1, 0.15) is 17.6 Å². The van der Waals surface area contributed by atoms with Gasteiger partial charge in [-0.2, -0.15) is 20.1 Å². The predicted octanol–water partition coefficient (Wildman–Crippen LogP) is -0.126. The highest BCUT2D eigenvalue weighted by atomic mass is 16.2. The fourth-order valence-electron chi connectivity index (χ4n) is 3.04. The molecule has 1 aliphatic rings. The monoisotopic (exact) mass is 353 g/mol. The number of hydrogen-bond donors (Lipinski definition) is 0. The zero-order valence-electron chi connectivity index (χ0n) is 14.4. The maximum atomic E-state index is 12.5. The molecule has 0 radical (unpaired) electrons. The number of benzene rings is 1. The Bertz CT molecular complexity index is 969. The molecule has 0 unspecified atom stereocenters. The highest BCUT2D eigenvalue weighted by molar-refractivity contribution is 5.77. The van der Waals surface area contributed by atoms with Crippen molar-refractivity contribution in [3.63, 3.8) is 0 Å². The molecule has 9 nitrogen and oxygen atoms in total. The van der Waals surface area contributed by atoms with Crippen molar-refractivity contribution in [1.29, 1.82) is 0 Å². The Labute approximate surface area is 149 Å². The summed E-state index contributed by atoms with van der Waals surface area (Å²) in [6.07, 6.45) is 1.68. The van der Waals surface area contributed by atoms with E-state index >= 15 is 0 Å². The van der Waals surface area contributed by atoms with Crippen LogP contribution in [-0.2, 0) is 18.4 Å². The predicted molar refractivity (Wildman–Crippen MR) is 95.8 cm³/mol. The van der Waals surface area contributed by atoms with E-state index in [-0.39, 0.29) is 18.0 Å². The summed E-state index contributed by atoms with van der Waals surface area (Å²) in [6.45, 7) is 2.63. The summed E-state index contributed by atoms with van der Waals surface area (Å²) in [5.41, 5.74) is 2.21. The Balaban J connectivity index is 1.38. The summed E-state index contributed by atoms with van der Waals surface area (Å²) in [5.74, 6) is -0.00735. The van der Waals surface area contributed by atoms with E-state index in [4.69, 9.17) is 0 Å². The van der Waals surface area contributed by atoms with Gasteiger partial charge in [-0.3, -0.25) is 9.59 Å². The van der Waals surface area contributed by atoms with Crippen LogP contribution in [0.1, 0.15) is 0 Å². The van der Waals surface area contributed by atoms with E-state index in [0.29, 0.717) is 26.2 Å². The van der Waals surface area contributed by atoms with Crippen LogP contribution in [0.3, 0.4) is 0 Å². The third kappa shape index (κ3) is 3.15. The van der Waals surface area contributed by atoms with Crippen molar-refractivity contribution in [2.45, 2.75) is 6.54 Å². The topological polar surface area (TPSA) is 89.2 Å². The highest BCUT2D eigenvalue weighted by Crippen LogP contribution is 2.13. The lowest BCUT2D eigenvalue weighted by atomic mass is 10.3. The van der Waals surface area contributed by atoms with Crippen molar-refractivity contribution in [2.24, 2.45) is 7.05 Å². The maximum absolute atomic E-state index is 12.5. The lowest BCUT2D eigenvalue weighted by molar-refractivity contribution is -0.132. The van der Waals surface area contributed by atoms with Crippen molar-refractivity contribution in [2.75, 3.05) is 31.1 Å². The summed E-state index contributed by atoms with van der Waals surface area (Å²) in [6, 6.07) is 9.12. The number of aryl methyl sites for hydroxylation is 1. The quantitative estimate of drug-likeness (QED) is 0.652. The Kier molecular flexibility index (Phi) is 4.11. The molecular formula is C17H19N7O2. The van der Waals surface area contributed by atoms with Gasteiger partial charge in [-0.15, -0.1) is 0 Å². The van der Waals surface area contributed by atoms with E-state index in [1.165, 1.54) is 9.48 Å². The second-order valence-corrected chi connectivity index (χ2v) is 6.26. The molecule has 26 heavy (non-hydrogen) atoms. The molecule has 9 heteroatoms. The van der Waals surface area contributed by atoms with Gasteiger partial charge in [-0.1, -0.05) is 12.1 Å². The van der Waals surface area contributed by atoms with E-state index < -0.39 is 0 Å². The second-order valence-electron chi connectivity index (χ2n) is 6.26. The van der Waals surface area contributed by atoms with E-state index in [9.17, 15) is 9.59 Å². The molecule has 3 heterocycles. The molecule has 1 saturated heterocycles. The lowest BCUT2D eigenvalue weighted by Crippen LogP contribution is -2.50. The van der Waals surface area contributed by atoms with Crippen LogP contribution in [0.15, 0.2) is 41.3 Å². The average Bonchev–Trinajstić information content (AvgIpc) is 3.06. The summed E-state index contributed by atoms with van der Waals surface area (Å²) in [4.78, 5) is 29.6. The zero-order valence-corrected chi connectivity index (χ0v) is 14.4. The first-order valence-electron chi connectivity index (χ1n) is 8.46. The van der Waals surface area contributed by atoms with Gasteiger partial charge in [0, 0.05) is 39.3 Å². The Hall–Kier alpha value is -3.23. The Morgan fingerprint density at radius 1 is 1.08 bits per heavy atom. The third-order valence-corrected chi connectivity index (χ3v) is 4.56. The van der Waals surface area contributed by atoms with Gasteiger partial charge in [0.25, 0.3) is 5.56 Å². The molecule has 3 aromatic rings. The maximum Gasteiger partial charge on any atom is 0.268 e. The molecule has 0 N–H and O–H groups in total. The minimum atomic E-state index is -0.141. The second kappa shape index (κ2) is 6.58. The van der Waals surface area contributed by atoms with E-state index in [1.54, 1.807) is 24.2 Å². The summed E-state index contributed by atoms with van der Waals surface area (Å²) >= 11 is 0. The van der Waals surface area contributed by atoms with Gasteiger partial charge in [-0.05, 0) is 12.1 Å². The van der Waals surface area contributed by atoms with Gasteiger partial charge in [0.05, 0.1) is 11.9 Å². The van der Waals surface area contributed by atoms with Gasteiger partial charge in [-0.25, -0.2) is 4.68 Å². The molecule has 4 rings (SSSR count). The fraction of sp³-hybridized carbons (Fsp3) is 0.353. The fourth-order valence-corrected chi connectivity index (χ4v) is 3.04. The van der Waals surface area contributed by atoms with E-state index in [2.05, 4.69) is 20.2 Å². The Morgan fingerprint density at radius 2 is 1.73 bits per heavy atom. The molecule has 0 atom stereocenters. The third-order valence-electron chi connectivity index (χ3n) is 4.56. The first-order valence-corrected chi connectivity index (χ1v) is 8.46. The smallest absolute Gasteiger partial charge is 0.268 e. The van der Waals surface area contributed by atoms with Crippen LogP contribution in [0.5, 0.6) is 0 Å². The van der Waals surface area contributed by atoms with Crippen LogP contribution in [0.4, 0.5) is 5.69 Å². The molecule has 1 aliphatic heterocycles. The number of anilines is 1. The number of piperazine rings is 1. The number of aromatic nitrogens is 5. The normalized spacial score (nSPS) is 14.8. The molecular weight excluding hydrogens is 334 g/mol. The van der Waals surface area contributed by atoms with E-state index in [1.807, 2.05) is 24.3 Å². The van der Waals surface area contributed by atoms with Crippen LogP contribution >= 0.6 is 0 Å².